The van der Waals surface area contributed by atoms with Crippen LogP contribution in [0, 0.1) is 0 Å². The number of rotatable bonds is 5. The van der Waals surface area contributed by atoms with Crippen molar-refractivity contribution in [2.45, 2.75) is 6.54 Å². The number of para-hydroxylation sites is 1. The van der Waals surface area contributed by atoms with E-state index in [2.05, 4.69) is 29.2 Å². The monoisotopic (exact) mass is 443 g/mol. The Kier molecular flexibility index (Phi) is 4.84. The molecule has 0 spiro atoms. The molecular formula is C30H23N2O2+. The van der Waals surface area contributed by atoms with Gasteiger partial charge in [0.2, 0.25) is 18.0 Å². The van der Waals surface area contributed by atoms with Crippen LogP contribution in [0.25, 0.3) is 43.8 Å². The smallest absolute Gasteiger partial charge is 0.237 e. The SMILES string of the molecule is COc1ccc(-c2c3[nH]c4ccccc4c3cc[n+]2CC(=O)c2ccc3ccccc3c2)cc1. The summed E-state index contributed by atoms with van der Waals surface area (Å²) in [6, 6.07) is 32.4. The van der Waals surface area contributed by atoms with Gasteiger partial charge in [-0.15, -0.1) is 0 Å². The molecule has 0 atom stereocenters. The van der Waals surface area contributed by atoms with E-state index in [1.54, 1.807) is 7.11 Å². The van der Waals surface area contributed by atoms with Gasteiger partial charge in [-0.2, -0.15) is 4.57 Å². The summed E-state index contributed by atoms with van der Waals surface area (Å²) in [5.41, 5.74) is 4.80. The molecule has 0 fully saturated rings. The highest BCUT2D eigenvalue weighted by Crippen LogP contribution is 2.31. The Morgan fingerprint density at radius 3 is 2.41 bits per heavy atom. The number of carbonyl (C=O) groups excluding carboxylic acids is 1. The van der Waals surface area contributed by atoms with E-state index in [0.29, 0.717) is 5.56 Å². The van der Waals surface area contributed by atoms with Gasteiger partial charge in [-0.05, 0) is 47.2 Å². The molecule has 0 aliphatic rings. The summed E-state index contributed by atoms with van der Waals surface area (Å²) < 4.78 is 7.40. The third-order valence-corrected chi connectivity index (χ3v) is 6.44. The van der Waals surface area contributed by atoms with Crippen molar-refractivity contribution < 1.29 is 14.1 Å². The highest BCUT2D eigenvalue weighted by Gasteiger charge is 2.23. The summed E-state index contributed by atoms with van der Waals surface area (Å²) in [5, 5.41) is 4.50. The maximum absolute atomic E-state index is 13.4. The highest BCUT2D eigenvalue weighted by molar-refractivity contribution is 6.10. The summed E-state index contributed by atoms with van der Waals surface area (Å²) in [6.07, 6.45) is 2.02. The van der Waals surface area contributed by atoms with Gasteiger partial charge in [0.05, 0.1) is 7.11 Å². The second kappa shape index (κ2) is 8.16. The third kappa shape index (κ3) is 3.41. The Bertz CT molecular complexity index is 1680. The van der Waals surface area contributed by atoms with E-state index in [-0.39, 0.29) is 12.3 Å². The van der Waals surface area contributed by atoms with Crippen LogP contribution in [0.1, 0.15) is 10.4 Å². The van der Waals surface area contributed by atoms with Crippen molar-refractivity contribution in [3.63, 3.8) is 0 Å². The van der Waals surface area contributed by atoms with Gasteiger partial charge in [0.1, 0.15) is 11.3 Å². The summed E-state index contributed by atoms with van der Waals surface area (Å²) in [7, 11) is 1.66. The first-order valence-corrected chi connectivity index (χ1v) is 11.3. The Labute approximate surface area is 197 Å². The predicted octanol–water partition coefficient (Wildman–Crippen LogP) is 6.32. The minimum Gasteiger partial charge on any atom is -0.497 e. The van der Waals surface area contributed by atoms with Gasteiger partial charge in [0, 0.05) is 33.5 Å². The molecule has 2 heterocycles. The van der Waals surface area contributed by atoms with Gasteiger partial charge in [0.15, 0.2) is 6.20 Å². The number of methoxy groups -OCH3 is 1. The van der Waals surface area contributed by atoms with Gasteiger partial charge in [-0.1, -0.05) is 54.6 Å². The fourth-order valence-corrected chi connectivity index (χ4v) is 4.71. The molecule has 6 rings (SSSR count). The largest absolute Gasteiger partial charge is 0.497 e. The molecule has 0 aliphatic carbocycles. The summed E-state index contributed by atoms with van der Waals surface area (Å²) >= 11 is 0. The number of ketones is 1. The number of nitrogens with zero attached hydrogens (tertiary/aromatic N) is 1. The second-order valence-corrected chi connectivity index (χ2v) is 8.47. The van der Waals surface area contributed by atoms with Crippen molar-refractivity contribution >= 4 is 38.4 Å². The van der Waals surface area contributed by atoms with Crippen LogP contribution in [0.2, 0.25) is 0 Å². The van der Waals surface area contributed by atoms with Crippen LogP contribution in [0.4, 0.5) is 0 Å². The number of Topliss-reactive ketones (excluding diaryl/α,β-unsaturated/α-hetero) is 1. The van der Waals surface area contributed by atoms with Crippen LogP contribution < -0.4 is 9.30 Å². The summed E-state index contributed by atoms with van der Waals surface area (Å²) in [5.74, 6) is 0.868. The zero-order valence-electron chi connectivity index (χ0n) is 18.8. The Morgan fingerprint density at radius 1 is 0.824 bits per heavy atom. The van der Waals surface area contributed by atoms with Crippen LogP contribution in [0.15, 0.2) is 103 Å². The van der Waals surface area contributed by atoms with Crippen molar-refractivity contribution in [2.24, 2.45) is 0 Å². The second-order valence-electron chi connectivity index (χ2n) is 8.47. The minimum atomic E-state index is 0.0703. The molecule has 0 radical (unpaired) electrons. The summed E-state index contributed by atoms with van der Waals surface area (Å²) in [6.45, 7) is 0.241. The van der Waals surface area contributed by atoms with Crippen LogP contribution in [0.5, 0.6) is 5.75 Å². The zero-order chi connectivity index (χ0) is 23.1. The van der Waals surface area contributed by atoms with Gasteiger partial charge in [-0.25, -0.2) is 0 Å². The highest BCUT2D eigenvalue weighted by atomic mass is 16.5. The molecule has 2 aromatic heterocycles. The molecule has 0 bridgehead atoms. The molecule has 0 saturated heterocycles. The molecule has 0 saturated carbocycles. The van der Waals surface area contributed by atoms with Crippen LogP contribution in [-0.2, 0) is 6.54 Å². The lowest BCUT2D eigenvalue weighted by molar-refractivity contribution is -0.671. The lowest BCUT2D eigenvalue weighted by Gasteiger charge is -2.07. The molecule has 6 aromatic rings. The molecule has 0 aliphatic heterocycles. The average Bonchev–Trinajstić information content (AvgIpc) is 3.27. The van der Waals surface area contributed by atoms with E-state index in [4.69, 9.17) is 4.74 Å². The fraction of sp³-hybridized carbons (Fsp3) is 0.0667. The first-order chi connectivity index (χ1) is 16.7. The maximum Gasteiger partial charge on any atom is 0.237 e. The van der Waals surface area contributed by atoms with Gasteiger partial charge < -0.3 is 9.72 Å². The number of ether oxygens (including phenoxy) is 1. The van der Waals surface area contributed by atoms with Crippen LogP contribution in [-0.4, -0.2) is 17.9 Å². The normalized spacial score (nSPS) is 11.3. The first kappa shape index (κ1) is 20.2. The predicted molar refractivity (Wildman–Crippen MR) is 136 cm³/mol. The fourth-order valence-electron chi connectivity index (χ4n) is 4.71. The first-order valence-electron chi connectivity index (χ1n) is 11.3. The van der Waals surface area contributed by atoms with E-state index in [0.717, 1.165) is 44.2 Å². The summed E-state index contributed by atoms with van der Waals surface area (Å²) in [4.78, 5) is 17.0. The molecule has 1 N–H and O–H groups in total. The molecular weight excluding hydrogens is 420 g/mol. The molecule has 4 nitrogen and oxygen atoms in total. The van der Waals surface area contributed by atoms with Crippen molar-refractivity contribution in [1.29, 1.82) is 0 Å². The van der Waals surface area contributed by atoms with Crippen molar-refractivity contribution in [2.75, 3.05) is 7.11 Å². The Morgan fingerprint density at radius 2 is 1.59 bits per heavy atom. The van der Waals surface area contributed by atoms with Crippen LogP contribution in [0.3, 0.4) is 0 Å². The van der Waals surface area contributed by atoms with Crippen molar-refractivity contribution in [3.8, 4) is 17.0 Å². The van der Waals surface area contributed by atoms with E-state index < -0.39 is 0 Å². The number of carbonyl (C=O) groups is 1. The number of benzene rings is 4. The quantitative estimate of drug-likeness (QED) is 0.250. The lowest BCUT2D eigenvalue weighted by Crippen LogP contribution is -2.40. The number of hydrogen-bond acceptors (Lipinski definition) is 2. The van der Waals surface area contributed by atoms with E-state index in [9.17, 15) is 4.79 Å². The van der Waals surface area contributed by atoms with Gasteiger partial charge >= 0.3 is 0 Å². The number of fused-ring (bicyclic) bond motifs is 4. The van der Waals surface area contributed by atoms with E-state index in [1.807, 2.05) is 83.6 Å². The molecule has 164 valence electrons. The van der Waals surface area contributed by atoms with Crippen molar-refractivity contribution in [1.82, 2.24) is 4.98 Å². The van der Waals surface area contributed by atoms with E-state index in [1.165, 1.54) is 5.39 Å². The maximum atomic E-state index is 13.4. The van der Waals surface area contributed by atoms with Crippen molar-refractivity contribution in [3.05, 3.63) is 109 Å². The minimum absolute atomic E-state index is 0.0703. The Hall–Kier alpha value is -4.44. The number of H-pyrrole nitrogens is 1. The number of aromatic amines is 1. The molecule has 4 heteroatoms. The molecule has 34 heavy (non-hydrogen) atoms. The third-order valence-electron chi connectivity index (χ3n) is 6.44. The number of hydrogen-bond donors (Lipinski definition) is 1. The topological polar surface area (TPSA) is 46.0 Å². The van der Waals surface area contributed by atoms with Crippen LogP contribution >= 0.6 is 0 Å². The molecule has 0 unspecified atom stereocenters. The zero-order valence-corrected chi connectivity index (χ0v) is 18.8. The van der Waals surface area contributed by atoms with Gasteiger partial charge in [0.25, 0.3) is 0 Å². The molecule has 4 aromatic carbocycles. The average molecular weight is 444 g/mol. The van der Waals surface area contributed by atoms with Gasteiger partial charge in [-0.3, -0.25) is 4.79 Å². The van der Waals surface area contributed by atoms with E-state index >= 15 is 0 Å². The number of aromatic nitrogens is 2. The molecule has 0 amide bonds. The Balaban J connectivity index is 1.50. The standard InChI is InChI=1S/C30H22N2O2/c1-34-24-14-12-21(13-15-24)30-29-26(25-8-4-5-9-27(25)31-29)16-17-32(30)19-28(33)23-11-10-20-6-2-3-7-22(20)18-23/h2-18H,19H2,1H3/p+1. The number of pyridine rings is 1. The number of nitrogens with one attached hydrogen (secondary N) is 1. The lowest BCUT2D eigenvalue weighted by atomic mass is 10.0.